The van der Waals surface area contributed by atoms with E-state index < -0.39 is 5.54 Å². The maximum atomic E-state index is 14.0. The van der Waals surface area contributed by atoms with E-state index in [9.17, 15) is 4.79 Å². The molecule has 2 heterocycles. The fourth-order valence-corrected chi connectivity index (χ4v) is 6.35. The Labute approximate surface area is 185 Å². The first-order valence-electron chi connectivity index (χ1n) is 10.6. The normalized spacial score (nSPS) is 26.2. The smallest absolute Gasteiger partial charge is 0.249 e. The standard InChI is InChI=1S/C26H23BrN2O/c27-21-11-12-24-22(14-21)23-13-20-17-28(15-18-7-3-1-4-8-18)25(30)26(20,23)29(24)16-19-9-5-2-6-10-19/h1-12,14,20,23H,13,15-17H2/t20-,23-,26-/m0/s1. The minimum Gasteiger partial charge on any atom is -0.352 e. The number of carbonyl (C=O) groups excluding carboxylic acids is 1. The molecule has 2 fully saturated rings. The Balaban J connectivity index is 1.41. The van der Waals surface area contributed by atoms with Crippen LogP contribution in [0.4, 0.5) is 5.69 Å². The molecule has 0 unspecified atom stereocenters. The number of hydrogen-bond acceptors (Lipinski definition) is 2. The summed E-state index contributed by atoms with van der Waals surface area (Å²) in [6, 6.07) is 27.4. The second kappa shape index (κ2) is 6.71. The molecule has 1 spiro atoms. The van der Waals surface area contributed by atoms with E-state index >= 15 is 0 Å². The van der Waals surface area contributed by atoms with Gasteiger partial charge in [-0.15, -0.1) is 0 Å². The van der Waals surface area contributed by atoms with Crippen molar-refractivity contribution in [3.63, 3.8) is 0 Å². The molecule has 3 aliphatic rings. The number of nitrogens with zero attached hydrogens (tertiary/aromatic N) is 2. The summed E-state index contributed by atoms with van der Waals surface area (Å²) in [5, 5.41) is 0. The van der Waals surface area contributed by atoms with E-state index in [1.165, 1.54) is 22.4 Å². The van der Waals surface area contributed by atoms with Crippen molar-refractivity contribution in [1.29, 1.82) is 0 Å². The lowest BCUT2D eigenvalue weighted by Gasteiger charge is -2.51. The fourth-order valence-electron chi connectivity index (χ4n) is 5.97. The van der Waals surface area contributed by atoms with Crippen LogP contribution in [0.5, 0.6) is 0 Å². The molecule has 4 heteroatoms. The molecule has 0 N–H and O–H groups in total. The summed E-state index contributed by atoms with van der Waals surface area (Å²) in [6.07, 6.45) is 1.09. The molecule has 0 aromatic heterocycles. The molecule has 6 rings (SSSR count). The van der Waals surface area contributed by atoms with Gasteiger partial charge in [0.1, 0.15) is 5.54 Å². The maximum Gasteiger partial charge on any atom is 0.249 e. The largest absolute Gasteiger partial charge is 0.352 e. The van der Waals surface area contributed by atoms with Crippen molar-refractivity contribution >= 4 is 27.5 Å². The van der Waals surface area contributed by atoms with Crippen molar-refractivity contribution in [2.45, 2.75) is 31.0 Å². The highest BCUT2D eigenvalue weighted by Crippen LogP contribution is 2.65. The number of amides is 1. The van der Waals surface area contributed by atoms with Crippen LogP contribution in [-0.4, -0.2) is 22.9 Å². The van der Waals surface area contributed by atoms with Crippen LogP contribution in [0.3, 0.4) is 0 Å². The summed E-state index contributed by atoms with van der Waals surface area (Å²) in [6.45, 7) is 2.32. The van der Waals surface area contributed by atoms with E-state index in [0.717, 1.165) is 24.0 Å². The number of hydrogen-bond donors (Lipinski definition) is 0. The average Bonchev–Trinajstić information content (AvgIpc) is 3.08. The molecule has 30 heavy (non-hydrogen) atoms. The van der Waals surface area contributed by atoms with Gasteiger partial charge >= 0.3 is 0 Å². The number of halogens is 1. The van der Waals surface area contributed by atoms with Gasteiger partial charge in [0.25, 0.3) is 0 Å². The first kappa shape index (κ1) is 18.2. The van der Waals surface area contributed by atoms with Crippen LogP contribution in [-0.2, 0) is 17.9 Å². The number of carbonyl (C=O) groups is 1. The maximum absolute atomic E-state index is 14.0. The molecular formula is C26H23BrN2O. The number of anilines is 1. The summed E-state index contributed by atoms with van der Waals surface area (Å²) in [5.41, 5.74) is 4.58. The first-order chi connectivity index (χ1) is 14.7. The van der Waals surface area contributed by atoms with Gasteiger partial charge in [-0.25, -0.2) is 0 Å². The zero-order valence-electron chi connectivity index (χ0n) is 16.7. The summed E-state index contributed by atoms with van der Waals surface area (Å²) in [5.74, 6) is 0.969. The third-order valence-electron chi connectivity index (χ3n) is 7.25. The molecule has 150 valence electrons. The van der Waals surface area contributed by atoms with Crippen LogP contribution in [0.15, 0.2) is 83.3 Å². The predicted octanol–water partition coefficient (Wildman–Crippen LogP) is 5.35. The molecule has 0 radical (unpaired) electrons. The molecule has 3 nitrogen and oxygen atoms in total. The molecule has 1 amide bonds. The Morgan fingerprint density at radius 1 is 0.900 bits per heavy atom. The number of benzene rings is 3. The lowest BCUT2D eigenvalue weighted by atomic mass is 9.59. The van der Waals surface area contributed by atoms with E-state index in [-0.39, 0.29) is 5.92 Å². The van der Waals surface area contributed by atoms with Gasteiger partial charge in [0, 0.05) is 41.6 Å². The Morgan fingerprint density at radius 2 is 1.57 bits per heavy atom. The van der Waals surface area contributed by atoms with Gasteiger partial charge in [0.05, 0.1) is 0 Å². The molecule has 3 atom stereocenters. The summed E-state index contributed by atoms with van der Waals surface area (Å²) >= 11 is 3.65. The van der Waals surface area contributed by atoms with Gasteiger partial charge < -0.3 is 9.80 Å². The molecule has 2 aliphatic heterocycles. The molecule has 0 bridgehead atoms. The van der Waals surface area contributed by atoms with Crippen molar-refractivity contribution in [2.75, 3.05) is 11.4 Å². The van der Waals surface area contributed by atoms with Crippen molar-refractivity contribution in [2.24, 2.45) is 5.92 Å². The highest BCUT2D eigenvalue weighted by atomic mass is 79.9. The van der Waals surface area contributed by atoms with E-state index in [4.69, 9.17) is 0 Å². The van der Waals surface area contributed by atoms with Crippen molar-refractivity contribution in [3.8, 4) is 0 Å². The lowest BCUT2D eigenvalue weighted by Crippen LogP contribution is -2.64. The van der Waals surface area contributed by atoms with Gasteiger partial charge in [-0.1, -0.05) is 76.6 Å². The van der Waals surface area contributed by atoms with E-state index in [2.05, 4.69) is 92.5 Å². The van der Waals surface area contributed by atoms with E-state index in [1.54, 1.807) is 0 Å². The van der Waals surface area contributed by atoms with Crippen molar-refractivity contribution < 1.29 is 4.79 Å². The fraction of sp³-hybridized carbons (Fsp3) is 0.269. The third kappa shape index (κ3) is 2.46. The average molecular weight is 459 g/mol. The number of likely N-dealkylation sites (tertiary alicyclic amines) is 1. The zero-order valence-corrected chi connectivity index (χ0v) is 18.3. The predicted molar refractivity (Wildman–Crippen MR) is 122 cm³/mol. The van der Waals surface area contributed by atoms with Crippen LogP contribution in [0.1, 0.15) is 29.0 Å². The van der Waals surface area contributed by atoms with Crippen molar-refractivity contribution in [3.05, 3.63) is 100 Å². The summed E-state index contributed by atoms with van der Waals surface area (Å²) in [4.78, 5) is 18.5. The third-order valence-corrected chi connectivity index (χ3v) is 7.74. The van der Waals surface area contributed by atoms with E-state index in [1.807, 2.05) is 12.1 Å². The van der Waals surface area contributed by atoms with E-state index in [0.29, 0.717) is 18.4 Å². The van der Waals surface area contributed by atoms with Crippen LogP contribution < -0.4 is 4.90 Å². The first-order valence-corrected chi connectivity index (χ1v) is 11.4. The van der Waals surface area contributed by atoms with Gasteiger partial charge in [-0.3, -0.25) is 4.79 Å². The minimum absolute atomic E-state index is 0.284. The number of fused-ring (bicyclic) bond motifs is 2. The summed E-state index contributed by atoms with van der Waals surface area (Å²) in [7, 11) is 0. The molecule has 1 aliphatic carbocycles. The van der Waals surface area contributed by atoms with Crippen LogP contribution in [0, 0.1) is 5.92 Å². The monoisotopic (exact) mass is 458 g/mol. The van der Waals surface area contributed by atoms with Gasteiger partial charge in [-0.05, 0) is 41.3 Å². The Hall–Kier alpha value is -2.59. The Bertz CT molecular complexity index is 1120. The topological polar surface area (TPSA) is 23.6 Å². The second-order valence-electron chi connectivity index (χ2n) is 8.76. The summed E-state index contributed by atoms with van der Waals surface area (Å²) < 4.78 is 1.09. The van der Waals surface area contributed by atoms with Crippen molar-refractivity contribution in [1.82, 2.24) is 4.90 Å². The lowest BCUT2D eigenvalue weighted by molar-refractivity contribution is -0.135. The molecular weight excluding hydrogens is 436 g/mol. The molecule has 3 aromatic rings. The highest BCUT2D eigenvalue weighted by molar-refractivity contribution is 9.10. The highest BCUT2D eigenvalue weighted by Gasteiger charge is 2.72. The zero-order chi connectivity index (χ0) is 20.3. The molecule has 1 saturated heterocycles. The SMILES string of the molecule is O=C1N(Cc2ccccc2)C[C@@H]2C[C@H]3c4cc(Br)ccc4N(Cc4ccccc4)[C@@]123. The minimum atomic E-state index is -0.423. The van der Waals surface area contributed by atoms with Crippen LogP contribution in [0.25, 0.3) is 0 Å². The van der Waals surface area contributed by atoms with Crippen LogP contribution in [0.2, 0.25) is 0 Å². The number of rotatable bonds is 4. The quantitative estimate of drug-likeness (QED) is 0.525. The van der Waals surface area contributed by atoms with Gasteiger partial charge in [-0.2, -0.15) is 0 Å². The molecule has 3 aromatic carbocycles. The Kier molecular flexibility index (Phi) is 4.07. The Morgan fingerprint density at radius 3 is 2.27 bits per heavy atom. The molecule has 1 saturated carbocycles. The van der Waals surface area contributed by atoms with Crippen LogP contribution >= 0.6 is 15.9 Å². The van der Waals surface area contributed by atoms with Gasteiger partial charge in [0.15, 0.2) is 0 Å². The van der Waals surface area contributed by atoms with Gasteiger partial charge in [0.2, 0.25) is 5.91 Å². The second-order valence-corrected chi connectivity index (χ2v) is 9.67.